The minimum absolute atomic E-state index is 0.0632. The molecule has 1 heterocycles. The molecule has 24 heavy (non-hydrogen) atoms. The third-order valence-electron chi connectivity index (χ3n) is 5.81. The Morgan fingerprint density at radius 3 is 2.67 bits per heavy atom. The number of carbonyl (C=O) groups excluding carboxylic acids is 1. The van der Waals surface area contributed by atoms with Crippen LogP contribution in [0.3, 0.4) is 0 Å². The van der Waals surface area contributed by atoms with Gasteiger partial charge in [-0.25, -0.2) is 4.79 Å². The van der Waals surface area contributed by atoms with Crippen molar-refractivity contribution in [3.05, 3.63) is 0 Å². The van der Waals surface area contributed by atoms with Gasteiger partial charge in [-0.15, -0.1) is 0 Å². The fraction of sp³-hybridized carbons (Fsp3) is 0.947. The molecule has 0 aromatic heterocycles. The molecule has 1 aliphatic carbocycles. The van der Waals surface area contributed by atoms with Gasteiger partial charge >= 0.3 is 6.03 Å². The Morgan fingerprint density at radius 2 is 1.88 bits per heavy atom. The topological polar surface area (TPSA) is 64.6 Å². The first kappa shape index (κ1) is 19.5. The van der Waals surface area contributed by atoms with Crippen LogP contribution in [0.25, 0.3) is 0 Å². The van der Waals surface area contributed by atoms with Gasteiger partial charge in [0, 0.05) is 31.2 Å². The summed E-state index contributed by atoms with van der Waals surface area (Å²) in [5.74, 6) is 0.221. The molecule has 2 aliphatic rings. The smallest absolute Gasteiger partial charge is 0.315 e. The maximum atomic E-state index is 12.1. The van der Waals surface area contributed by atoms with Gasteiger partial charge in [-0.05, 0) is 58.5 Å². The highest BCUT2D eigenvalue weighted by molar-refractivity contribution is 5.74. The first-order valence-corrected chi connectivity index (χ1v) is 10.1. The highest BCUT2D eigenvalue weighted by atomic mass is 16.3. The lowest BCUT2D eigenvalue weighted by atomic mass is 9.96. The van der Waals surface area contributed by atoms with Gasteiger partial charge in [0.2, 0.25) is 0 Å². The molecule has 0 radical (unpaired) electrons. The summed E-state index contributed by atoms with van der Waals surface area (Å²) >= 11 is 0. The zero-order valence-electron chi connectivity index (χ0n) is 15.4. The van der Waals surface area contributed by atoms with Crippen LogP contribution >= 0.6 is 0 Å². The number of unbranched alkanes of at least 4 members (excludes halogenated alkanes) is 1. The maximum absolute atomic E-state index is 12.1. The Balaban J connectivity index is 1.57. The number of likely N-dealkylation sites (tertiary alicyclic amines) is 1. The average Bonchev–Trinajstić information content (AvgIpc) is 2.81. The summed E-state index contributed by atoms with van der Waals surface area (Å²) in [4.78, 5) is 14.7. The zero-order valence-corrected chi connectivity index (χ0v) is 15.4. The van der Waals surface area contributed by atoms with Crippen molar-refractivity contribution in [3.63, 3.8) is 0 Å². The molecule has 0 spiro atoms. The molecule has 5 heteroatoms. The number of carbonyl (C=O) groups is 1. The molecule has 0 aromatic carbocycles. The molecule has 3 atom stereocenters. The SMILES string of the molecule is CC1CCCCN1CCCCNC(=O)NC1CCCCCC1CO. The third kappa shape index (κ3) is 6.60. The Morgan fingerprint density at radius 1 is 1.08 bits per heavy atom. The van der Waals surface area contributed by atoms with Crippen LogP contribution in [0.15, 0.2) is 0 Å². The van der Waals surface area contributed by atoms with Crippen molar-refractivity contribution in [3.8, 4) is 0 Å². The Labute approximate surface area is 147 Å². The third-order valence-corrected chi connectivity index (χ3v) is 5.81. The highest BCUT2D eigenvalue weighted by Gasteiger charge is 2.24. The van der Waals surface area contributed by atoms with Crippen LogP contribution in [0.1, 0.15) is 71.1 Å². The van der Waals surface area contributed by atoms with Crippen molar-refractivity contribution >= 4 is 6.03 Å². The van der Waals surface area contributed by atoms with E-state index in [1.807, 2.05) is 0 Å². The molecular formula is C19H37N3O2. The number of aliphatic hydroxyl groups excluding tert-OH is 1. The second-order valence-electron chi connectivity index (χ2n) is 7.68. The number of rotatable bonds is 7. The van der Waals surface area contributed by atoms with Gasteiger partial charge in [-0.2, -0.15) is 0 Å². The summed E-state index contributed by atoms with van der Waals surface area (Å²) in [6, 6.07) is 0.791. The fourth-order valence-corrected chi connectivity index (χ4v) is 4.14. The summed E-state index contributed by atoms with van der Waals surface area (Å²) in [6.07, 6.45) is 11.8. The minimum atomic E-state index is -0.0632. The van der Waals surface area contributed by atoms with E-state index in [0.29, 0.717) is 0 Å². The monoisotopic (exact) mass is 339 g/mol. The van der Waals surface area contributed by atoms with Crippen LogP contribution in [-0.4, -0.2) is 54.4 Å². The van der Waals surface area contributed by atoms with E-state index in [9.17, 15) is 9.90 Å². The Hall–Kier alpha value is -0.810. The molecule has 140 valence electrons. The molecule has 2 amide bonds. The van der Waals surface area contributed by atoms with Crippen molar-refractivity contribution in [2.24, 2.45) is 5.92 Å². The van der Waals surface area contributed by atoms with Crippen LogP contribution in [0.4, 0.5) is 4.79 Å². The molecule has 1 aliphatic heterocycles. The summed E-state index contributed by atoms with van der Waals surface area (Å²) in [5.41, 5.74) is 0. The fourth-order valence-electron chi connectivity index (χ4n) is 4.14. The van der Waals surface area contributed by atoms with Crippen molar-refractivity contribution in [1.82, 2.24) is 15.5 Å². The zero-order chi connectivity index (χ0) is 17.2. The van der Waals surface area contributed by atoms with Crippen LogP contribution in [0.2, 0.25) is 0 Å². The van der Waals surface area contributed by atoms with Gasteiger partial charge in [0.05, 0.1) is 0 Å². The number of urea groups is 1. The van der Waals surface area contributed by atoms with Crippen LogP contribution in [0.5, 0.6) is 0 Å². The second-order valence-corrected chi connectivity index (χ2v) is 7.68. The molecule has 2 rings (SSSR count). The highest BCUT2D eigenvalue weighted by Crippen LogP contribution is 2.23. The normalized spacial score (nSPS) is 29.0. The van der Waals surface area contributed by atoms with Gasteiger partial charge in [-0.1, -0.05) is 25.7 Å². The number of aliphatic hydroxyl groups is 1. The van der Waals surface area contributed by atoms with Crippen LogP contribution in [0, 0.1) is 5.92 Å². The van der Waals surface area contributed by atoms with Crippen molar-refractivity contribution in [2.75, 3.05) is 26.2 Å². The van der Waals surface area contributed by atoms with E-state index in [4.69, 9.17) is 0 Å². The number of amides is 2. The number of piperidine rings is 1. The van der Waals surface area contributed by atoms with Crippen LogP contribution < -0.4 is 10.6 Å². The predicted octanol–water partition coefficient (Wildman–Crippen LogP) is 2.88. The van der Waals surface area contributed by atoms with Gasteiger partial charge in [0.15, 0.2) is 0 Å². The van der Waals surface area contributed by atoms with E-state index in [2.05, 4.69) is 22.5 Å². The van der Waals surface area contributed by atoms with E-state index in [0.717, 1.165) is 51.2 Å². The molecule has 5 nitrogen and oxygen atoms in total. The lowest BCUT2D eigenvalue weighted by Gasteiger charge is -2.33. The molecule has 2 fully saturated rings. The van der Waals surface area contributed by atoms with Gasteiger partial charge in [-0.3, -0.25) is 0 Å². The molecule has 1 saturated carbocycles. The Bertz CT molecular complexity index is 365. The average molecular weight is 340 g/mol. The van der Waals surface area contributed by atoms with E-state index in [1.54, 1.807) is 0 Å². The maximum Gasteiger partial charge on any atom is 0.315 e. The first-order chi connectivity index (χ1) is 11.7. The predicted molar refractivity (Wildman–Crippen MR) is 98.1 cm³/mol. The number of nitrogens with one attached hydrogen (secondary N) is 2. The Kier molecular flexibility index (Phi) is 8.89. The molecule has 0 aromatic rings. The largest absolute Gasteiger partial charge is 0.396 e. The lowest BCUT2D eigenvalue weighted by molar-refractivity contribution is 0.158. The molecule has 3 unspecified atom stereocenters. The summed E-state index contributed by atoms with van der Waals surface area (Å²) < 4.78 is 0. The molecule has 3 N–H and O–H groups in total. The van der Waals surface area contributed by atoms with Gasteiger partial charge in [0.25, 0.3) is 0 Å². The van der Waals surface area contributed by atoms with E-state index >= 15 is 0 Å². The number of hydrogen-bond donors (Lipinski definition) is 3. The van der Waals surface area contributed by atoms with Crippen molar-refractivity contribution in [2.45, 2.75) is 83.2 Å². The summed E-state index contributed by atoms with van der Waals surface area (Å²) in [6.45, 7) is 5.64. The lowest BCUT2D eigenvalue weighted by Crippen LogP contribution is -2.46. The van der Waals surface area contributed by atoms with E-state index in [1.165, 1.54) is 38.6 Å². The molecular weight excluding hydrogens is 302 g/mol. The number of nitrogens with zero attached hydrogens (tertiary/aromatic N) is 1. The summed E-state index contributed by atoms with van der Waals surface area (Å²) in [5, 5.41) is 15.6. The van der Waals surface area contributed by atoms with Gasteiger partial charge in [0.1, 0.15) is 0 Å². The summed E-state index contributed by atoms with van der Waals surface area (Å²) in [7, 11) is 0. The second kappa shape index (κ2) is 10.9. The van der Waals surface area contributed by atoms with E-state index in [-0.39, 0.29) is 24.6 Å². The van der Waals surface area contributed by atoms with Crippen LogP contribution in [-0.2, 0) is 0 Å². The minimum Gasteiger partial charge on any atom is -0.396 e. The van der Waals surface area contributed by atoms with Crippen molar-refractivity contribution < 1.29 is 9.90 Å². The van der Waals surface area contributed by atoms with E-state index < -0.39 is 0 Å². The number of hydrogen-bond acceptors (Lipinski definition) is 3. The molecule has 1 saturated heterocycles. The quantitative estimate of drug-likeness (QED) is 0.494. The standard InChI is InChI=1S/C19H37N3O2/c1-16-9-5-7-13-22(16)14-8-6-12-20-19(24)21-18-11-4-2-3-10-17(18)15-23/h16-18,23H,2-15H2,1H3,(H2,20,21,24). The van der Waals surface area contributed by atoms with Crippen molar-refractivity contribution in [1.29, 1.82) is 0 Å². The molecule has 0 bridgehead atoms. The van der Waals surface area contributed by atoms with Gasteiger partial charge < -0.3 is 20.6 Å². The first-order valence-electron chi connectivity index (χ1n) is 10.1.